The molecule has 2 heterocycles. The van der Waals surface area contributed by atoms with Crippen LogP contribution >= 0.6 is 0 Å². The van der Waals surface area contributed by atoms with Crippen LogP contribution in [0.1, 0.15) is 13.3 Å². The van der Waals surface area contributed by atoms with Gasteiger partial charge in [0.05, 0.1) is 5.60 Å². The number of hydrogen-bond donors (Lipinski definition) is 1. The predicted octanol–water partition coefficient (Wildman–Crippen LogP) is 0.305. The molecule has 0 amide bonds. The average molecular weight is 222 g/mol. The highest BCUT2D eigenvalue weighted by Crippen LogP contribution is 2.19. The van der Waals surface area contributed by atoms with Crippen molar-refractivity contribution < 1.29 is 5.11 Å². The minimum Gasteiger partial charge on any atom is -0.389 e. The number of likely N-dealkylation sites (tertiary alicyclic amines) is 1. The Morgan fingerprint density at radius 3 is 2.88 bits per heavy atom. The average Bonchev–Trinajstić information content (AvgIpc) is 2.57. The van der Waals surface area contributed by atoms with E-state index in [1.54, 1.807) is 22.9 Å². The van der Waals surface area contributed by atoms with Crippen molar-refractivity contribution in [3.05, 3.63) is 34.7 Å². The standard InChI is InChI=1S/C12H18N2O2/c1-12(16)5-7-13(10-12)8-9-14-6-3-2-4-11(14)15/h2-4,6,16H,5,7-10H2,1H3. The first-order valence-corrected chi connectivity index (χ1v) is 5.67. The Hall–Kier alpha value is -1.13. The van der Waals surface area contributed by atoms with Crippen molar-refractivity contribution in [1.82, 2.24) is 9.47 Å². The molecule has 4 nitrogen and oxygen atoms in total. The van der Waals surface area contributed by atoms with Gasteiger partial charge in [0.25, 0.3) is 5.56 Å². The first kappa shape index (κ1) is 11.4. The summed E-state index contributed by atoms with van der Waals surface area (Å²) in [6.45, 7) is 4.99. The molecule has 1 aliphatic heterocycles. The second-order valence-corrected chi connectivity index (χ2v) is 4.76. The zero-order valence-corrected chi connectivity index (χ0v) is 9.59. The fourth-order valence-electron chi connectivity index (χ4n) is 2.12. The summed E-state index contributed by atoms with van der Waals surface area (Å²) in [6, 6.07) is 5.18. The lowest BCUT2D eigenvalue weighted by molar-refractivity contribution is 0.0683. The Labute approximate surface area is 95.1 Å². The van der Waals surface area contributed by atoms with Crippen molar-refractivity contribution in [3.8, 4) is 0 Å². The molecule has 4 heteroatoms. The van der Waals surface area contributed by atoms with Crippen molar-refractivity contribution in [2.75, 3.05) is 19.6 Å². The number of pyridine rings is 1. The van der Waals surface area contributed by atoms with Crippen molar-refractivity contribution in [2.24, 2.45) is 0 Å². The van der Waals surface area contributed by atoms with Gasteiger partial charge in [-0.3, -0.25) is 9.69 Å². The molecule has 1 N–H and O–H groups in total. The first-order valence-electron chi connectivity index (χ1n) is 5.67. The van der Waals surface area contributed by atoms with Gasteiger partial charge in [-0.2, -0.15) is 0 Å². The van der Waals surface area contributed by atoms with Gasteiger partial charge in [-0.25, -0.2) is 0 Å². The number of rotatable bonds is 3. The molecule has 88 valence electrons. The van der Waals surface area contributed by atoms with E-state index in [1.165, 1.54) is 0 Å². The number of aliphatic hydroxyl groups is 1. The molecule has 1 fully saturated rings. The summed E-state index contributed by atoms with van der Waals surface area (Å²) in [5.74, 6) is 0. The Balaban J connectivity index is 1.90. The highest BCUT2D eigenvalue weighted by Gasteiger charge is 2.30. The lowest BCUT2D eigenvalue weighted by atomic mass is 10.1. The third-order valence-corrected chi connectivity index (χ3v) is 3.09. The predicted molar refractivity (Wildman–Crippen MR) is 62.4 cm³/mol. The number of β-amino-alcohol motifs (C(OH)–C–C–N with tert-alkyl or cyclic N) is 1. The summed E-state index contributed by atoms with van der Waals surface area (Å²) in [5.41, 5.74) is -0.518. The number of hydrogen-bond acceptors (Lipinski definition) is 3. The van der Waals surface area contributed by atoms with E-state index in [0.29, 0.717) is 13.1 Å². The van der Waals surface area contributed by atoms with E-state index < -0.39 is 5.60 Å². The summed E-state index contributed by atoms with van der Waals surface area (Å²) in [4.78, 5) is 13.6. The maximum absolute atomic E-state index is 11.4. The molecule has 0 bridgehead atoms. The summed E-state index contributed by atoms with van der Waals surface area (Å²) in [5, 5.41) is 9.81. The molecule has 0 aliphatic carbocycles. The molecule has 1 aromatic heterocycles. The molecule has 1 atom stereocenters. The Morgan fingerprint density at radius 1 is 1.44 bits per heavy atom. The molecule has 0 saturated carbocycles. The van der Waals surface area contributed by atoms with Crippen LogP contribution < -0.4 is 5.56 Å². The van der Waals surface area contributed by atoms with Crippen molar-refractivity contribution in [2.45, 2.75) is 25.5 Å². The van der Waals surface area contributed by atoms with E-state index >= 15 is 0 Å². The highest BCUT2D eigenvalue weighted by molar-refractivity contribution is 4.93. The van der Waals surface area contributed by atoms with Crippen LogP contribution in [0.4, 0.5) is 0 Å². The Kier molecular flexibility index (Phi) is 3.12. The molecule has 0 aromatic carbocycles. The zero-order valence-electron chi connectivity index (χ0n) is 9.59. The minimum absolute atomic E-state index is 0.0356. The summed E-state index contributed by atoms with van der Waals surface area (Å²) >= 11 is 0. The topological polar surface area (TPSA) is 45.5 Å². The fraction of sp³-hybridized carbons (Fsp3) is 0.583. The number of nitrogens with zero attached hydrogens (tertiary/aromatic N) is 2. The van der Waals surface area contributed by atoms with Crippen LogP contribution in [0.15, 0.2) is 29.2 Å². The van der Waals surface area contributed by atoms with Gasteiger partial charge in [0.15, 0.2) is 0 Å². The van der Waals surface area contributed by atoms with Crippen LogP contribution in [0.5, 0.6) is 0 Å². The normalized spacial score (nSPS) is 26.1. The van der Waals surface area contributed by atoms with E-state index in [9.17, 15) is 9.90 Å². The van der Waals surface area contributed by atoms with Crippen molar-refractivity contribution in [1.29, 1.82) is 0 Å². The Morgan fingerprint density at radius 2 is 2.25 bits per heavy atom. The van der Waals surface area contributed by atoms with E-state index in [1.807, 2.05) is 13.0 Å². The van der Waals surface area contributed by atoms with Crippen LogP contribution in [0.2, 0.25) is 0 Å². The quantitative estimate of drug-likeness (QED) is 0.800. The molecular formula is C12H18N2O2. The molecule has 1 aliphatic rings. The smallest absolute Gasteiger partial charge is 0.250 e. The van der Waals surface area contributed by atoms with Gasteiger partial charge in [-0.15, -0.1) is 0 Å². The Bertz CT molecular complexity index is 411. The van der Waals surface area contributed by atoms with Crippen LogP contribution in [0.3, 0.4) is 0 Å². The van der Waals surface area contributed by atoms with Gasteiger partial charge >= 0.3 is 0 Å². The van der Waals surface area contributed by atoms with E-state index in [-0.39, 0.29) is 5.56 Å². The van der Waals surface area contributed by atoms with E-state index in [2.05, 4.69) is 4.90 Å². The number of aromatic nitrogens is 1. The largest absolute Gasteiger partial charge is 0.389 e. The van der Waals surface area contributed by atoms with Gasteiger partial charge in [0, 0.05) is 38.4 Å². The molecule has 0 spiro atoms. The van der Waals surface area contributed by atoms with Crippen LogP contribution in [-0.4, -0.2) is 39.8 Å². The van der Waals surface area contributed by atoms with Gasteiger partial charge in [0.2, 0.25) is 0 Å². The third kappa shape index (κ3) is 2.71. The van der Waals surface area contributed by atoms with Crippen LogP contribution in [-0.2, 0) is 6.54 Å². The van der Waals surface area contributed by atoms with Crippen LogP contribution in [0, 0.1) is 0 Å². The zero-order chi connectivity index (χ0) is 11.6. The van der Waals surface area contributed by atoms with Crippen LogP contribution in [0.25, 0.3) is 0 Å². The monoisotopic (exact) mass is 222 g/mol. The van der Waals surface area contributed by atoms with Crippen molar-refractivity contribution in [3.63, 3.8) is 0 Å². The van der Waals surface area contributed by atoms with Gasteiger partial charge in [-0.1, -0.05) is 6.07 Å². The SMILES string of the molecule is CC1(O)CCN(CCn2ccccc2=O)C1. The van der Waals surface area contributed by atoms with Gasteiger partial charge in [0.1, 0.15) is 0 Å². The highest BCUT2D eigenvalue weighted by atomic mass is 16.3. The molecule has 1 saturated heterocycles. The second kappa shape index (κ2) is 4.39. The summed E-state index contributed by atoms with van der Waals surface area (Å²) in [7, 11) is 0. The maximum atomic E-state index is 11.4. The second-order valence-electron chi connectivity index (χ2n) is 4.76. The molecular weight excluding hydrogens is 204 g/mol. The summed E-state index contributed by atoms with van der Waals surface area (Å²) < 4.78 is 1.70. The van der Waals surface area contributed by atoms with Gasteiger partial charge < -0.3 is 9.67 Å². The van der Waals surface area contributed by atoms with E-state index in [4.69, 9.17) is 0 Å². The van der Waals surface area contributed by atoms with Gasteiger partial charge in [-0.05, 0) is 19.4 Å². The first-order chi connectivity index (χ1) is 7.57. The molecule has 2 rings (SSSR count). The maximum Gasteiger partial charge on any atom is 0.250 e. The lowest BCUT2D eigenvalue weighted by Crippen LogP contribution is -2.33. The van der Waals surface area contributed by atoms with Crippen molar-refractivity contribution >= 4 is 0 Å². The third-order valence-electron chi connectivity index (χ3n) is 3.09. The molecule has 0 radical (unpaired) electrons. The molecule has 16 heavy (non-hydrogen) atoms. The molecule has 1 unspecified atom stereocenters. The fourth-order valence-corrected chi connectivity index (χ4v) is 2.12. The minimum atomic E-state index is -0.554. The van der Waals surface area contributed by atoms with E-state index in [0.717, 1.165) is 19.5 Å². The summed E-state index contributed by atoms with van der Waals surface area (Å²) in [6.07, 6.45) is 2.62. The molecule has 1 aromatic rings. The lowest BCUT2D eigenvalue weighted by Gasteiger charge is -2.19.